The van der Waals surface area contributed by atoms with Gasteiger partial charge in [0.05, 0.1) is 34.2 Å². The lowest BCUT2D eigenvalue weighted by Crippen LogP contribution is -2.44. The van der Waals surface area contributed by atoms with Crippen molar-refractivity contribution in [1.29, 1.82) is 0 Å². The highest BCUT2D eigenvalue weighted by molar-refractivity contribution is 7.09. The molecule has 0 unspecified atom stereocenters. The average Bonchev–Trinajstić information content (AvgIpc) is 3.39. The third-order valence-corrected chi connectivity index (χ3v) is 8.30. The lowest BCUT2D eigenvalue weighted by molar-refractivity contribution is -0.153. The summed E-state index contributed by atoms with van der Waals surface area (Å²) >= 11 is 8.13. The van der Waals surface area contributed by atoms with E-state index in [1.807, 2.05) is 29.8 Å². The van der Waals surface area contributed by atoms with Crippen molar-refractivity contribution in [3.63, 3.8) is 0 Å². The van der Waals surface area contributed by atoms with Crippen LogP contribution in [0.15, 0.2) is 36.0 Å². The van der Waals surface area contributed by atoms with Crippen LogP contribution < -0.4 is 4.74 Å². The molecule has 1 aliphatic rings. The molecule has 1 aliphatic heterocycles. The van der Waals surface area contributed by atoms with Gasteiger partial charge in [-0.05, 0) is 82.8 Å². The molecule has 1 fully saturated rings. The van der Waals surface area contributed by atoms with Crippen molar-refractivity contribution in [3.8, 4) is 5.75 Å². The van der Waals surface area contributed by atoms with Crippen LogP contribution in [0, 0.1) is 5.41 Å². The summed E-state index contributed by atoms with van der Waals surface area (Å²) in [6.07, 6.45) is 7.54. The first-order valence-corrected chi connectivity index (χ1v) is 13.3. The number of aromatic nitrogens is 2. The van der Waals surface area contributed by atoms with Gasteiger partial charge in [0, 0.05) is 28.7 Å². The first-order chi connectivity index (χ1) is 16.9. The number of rotatable bonds is 11. The normalized spacial score (nSPS) is 16.9. The fourth-order valence-electron chi connectivity index (χ4n) is 4.95. The zero-order valence-electron chi connectivity index (χ0n) is 20.0. The van der Waals surface area contributed by atoms with E-state index in [4.69, 9.17) is 16.3 Å². The number of pyridine rings is 1. The van der Waals surface area contributed by atoms with E-state index in [-0.39, 0.29) is 0 Å². The number of aryl methyl sites for hydroxylation is 1. The largest absolute Gasteiger partial charge is 0.497 e. The number of aliphatic hydroxyl groups excluding tert-OH is 1. The monoisotopic (exact) mass is 517 g/mol. The Morgan fingerprint density at radius 3 is 2.77 bits per heavy atom. The minimum atomic E-state index is -0.889. The number of likely N-dealkylation sites (tertiary alicyclic amines) is 1. The summed E-state index contributed by atoms with van der Waals surface area (Å²) in [5.74, 6) is -0.128. The number of nitrogens with zero attached hydrogens (tertiary/aromatic N) is 3. The number of benzene rings is 1. The van der Waals surface area contributed by atoms with Crippen molar-refractivity contribution < 1.29 is 19.7 Å². The number of unbranched alkanes of at least 4 members (excludes halogenated alkanes) is 1. The van der Waals surface area contributed by atoms with E-state index in [0.29, 0.717) is 47.5 Å². The Hall–Kier alpha value is -2.26. The number of carboxylic acids is 1. The third-order valence-electron chi connectivity index (χ3n) is 7.16. The molecule has 7 nitrogen and oxygen atoms in total. The van der Waals surface area contributed by atoms with Crippen LogP contribution in [-0.2, 0) is 11.2 Å². The SMILES string of the molecule is COc1ccc2ncc(Cl)c([C@@H](O)CCC3(C(=O)O)CCN(CCCCc4nccs4)CC3)c2c1. The minimum Gasteiger partial charge on any atom is -0.497 e. The second-order valence-electron chi connectivity index (χ2n) is 9.27. The highest BCUT2D eigenvalue weighted by Crippen LogP contribution is 2.41. The number of hydrogen-bond acceptors (Lipinski definition) is 7. The van der Waals surface area contributed by atoms with Crippen LogP contribution >= 0.6 is 22.9 Å². The van der Waals surface area contributed by atoms with Gasteiger partial charge in [-0.15, -0.1) is 11.3 Å². The van der Waals surface area contributed by atoms with Crippen molar-refractivity contribution in [2.45, 2.75) is 51.0 Å². The number of fused-ring (bicyclic) bond motifs is 1. The van der Waals surface area contributed by atoms with Crippen LogP contribution in [-0.4, -0.2) is 57.8 Å². The standard InChI is InChI=1S/C26H32ClN3O4S/c1-34-18-5-6-21-19(16-18)24(20(27)17-29-21)22(31)7-8-26(25(32)33)9-13-30(14-10-26)12-3-2-4-23-28-11-15-35-23/h5-6,11,15-17,22,31H,2-4,7-10,12-14H2,1H3,(H,32,33)/t22-/m0/s1. The Labute approximate surface area is 214 Å². The molecule has 0 aliphatic carbocycles. The van der Waals surface area contributed by atoms with Gasteiger partial charge in [-0.1, -0.05) is 11.6 Å². The number of carbonyl (C=O) groups is 1. The maximum atomic E-state index is 12.3. The van der Waals surface area contributed by atoms with E-state index in [1.165, 1.54) is 11.2 Å². The molecule has 0 spiro atoms. The molecule has 1 saturated heterocycles. The molecular weight excluding hydrogens is 486 g/mol. The fourth-order valence-corrected chi connectivity index (χ4v) is 5.89. The zero-order chi connectivity index (χ0) is 24.8. The highest BCUT2D eigenvalue weighted by atomic mass is 35.5. The number of aliphatic carboxylic acids is 1. The first-order valence-electron chi connectivity index (χ1n) is 12.1. The number of carboxylic acid groups (broad SMARTS) is 1. The van der Waals surface area contributed by atoms with Gasteiger partial charge in [-0.2, -0.15) is 0 Å². The second kappa shape index (κ2) is 11.6. The Kier molecular flexibility index (Phi) is 8.59. The molecule has 2 N–H and O–H groups in total. The number of hydrogen-bond donors (Lipinski definition) is 2. The van der Waals surface area contributed by atoms with Gasteiger partial charge in [0.1, 0.15) is 5.75 Å². The van der Waals surface area contributed by atoms with Gasteiger partial charge in [0.15, 0.2) is 0 Å². The van der Waals surface area contributed by atoms with E-state index < -0.39 is 17.5 Å². The molecule has 3 aromatic rings. The van der Waals surface area contributed by atoms with E-state index in [1.54, 1.807) is 18.4 Å². The lowest BCUT2D eigenvalue weighted by Gasteiger charge is -2.39. The predicted octanol–water partition coefficient (Wildman–Crippen LogP) is 5.36. The molecule has 3 heterocycles. The first kappa shape index (κ1) is 25.8. The predicted molar refractivity (Wildman–Crippen MR) is 138 cm³/mol. The Bertz CT molecular complexity index is 1130. The molecule has 0 radical (unpaired) electrons. The molecule has 4 rings (SSSR count). The third kappa shape index (κ3) is 6.12. The fraction of sp³-hybridized carbons (Fsp3) is 0.500. The van der Waals surface area contributed by atoms with Crippen molar-refractivity contribution in [1.82, 2.24) is 14.9 Å². The van der Waals surface area contributed by atoms with Gasteiger partial charge in [-0.25, -0.2) is 4.98 Å². The number of piperidine rings is 1. The topological polar surface area (TPSA) is 95.8 Å². The summed E-state index contributed by atoms with van der Waals surface area (Å²) in [4.78, 5) is 23.4. The second-order valence-corrected chi connectivity index (χ2v) is 10.7. The molecule has 1 aromatic carbocycles. The molecular formula is C26H32ClN3O4S. The summed E-state index contributed by atoms with van der Waals surface area (Å²) < 4.78 is 5.33. The average molecular weight is 518 g/mol. The Morgan fingerprint density at radius 1 is 1.29 bits per heavy atom. The van der Waals surface area contributed by atoms with Crippen LogP contribution in [0.25, 0.3) is 10.9 Å². The van der Waals surface area contributed by atoms with Crippen LogP contribution in [0.2, 0.25) is 5.02 Å². The molecule has 1 atom stereocenters. The van der Waals surface area contributed by atoms with E-state index >= 15 is 0 Å². The van der Waals surface area contributed by atoms with Gasteiger partial charge in [0.25, 0.3) is 0 Å². The number of ether oxygens (including phenoxy) is 1. The Morgan fingerprint density at radius 2 is 2.09 bits per heavy atom. The summed E-state index contributed by atoms with van der Waals surface area (Å²) in [5, 5.41) is 25.5. The summed E-state index contributed by atoms with van der Waals surface area (Å²) in [6.45, 7) is 2.50. The molecule has 35 heavy (non-hydrogen) atoms. The number of halogens is 1. The summed E-state index contributed by atoms with van der Waals surface area (Å²) in [7, 11) is 1.58. The van der Waals surface area contributed by atoms with Crippen molar-refractivity contribution in [2.24, 2.45) is 5.41 Å². The zero-order valence-corrected chi connectivity index (χ0v) is 21.5. The number of aliphatic hydroxyl groups is 1. The van der Waals surface area contributed by atoms with Gasteiger partial charge >= 0.3 is 5.97 Å². The van der Waals surface area contributed by atoms with Crippen LogP contribution in [0.3, 0.4) is 0 Å². The van der Waals surface area contributed by atoms with Crippen molar-refractivity contribution in [3.05, 3.63) is 51.6 Å². The molecule has 0 saturated carbocycles. The molecule has 2 aromatic heterocycles. The smallest absolute Gasteiger partial charge is 0.309 e. The summed E-state index contributed by atoms with van der Waals surface area (Å²) in [5.41, 5.74) is 0.458. The maximum absolute atomic E-state index is 12.3. The van der Waals surface area contributed by atoms with E-state index in [2.05, 4.69) is 14.9 Å². The van der Waals surface area contributed by atoms with Crippen molar-refractivity contribution in [2.75, 3.05) is 26.7 Å². The number of thiazole rings is 1. The van der Waals surface area contributed by atoms with Crippen LogP contribution in [0.4, 0.5) is 0 Å². The molecule has 0 bridgehead atoms. The molecule has 188 valence electrons. The summed E-state index contributed by atoms with van der Waals surface area (Å²) in [6, 6.07) is 5.45. The van der Waals surface area contributed by atoms with Crippen LogP contribution in [0.1, 0.15) is 55.2 Å². The van der Waals surface area contributed by atoms with E-state index in [0.717, 1.165) is 44.3 Å². The van der Waals surface area contributed by atoms with E-state index in [9.17, 15) is 15.0 Å². The molecule has 0 amide bonds. The van der Waals surface area contributed by atoms with Gasteiger partial charge in [-0.3, -0.25) is 9.78 Å². The number of methoxy groups -OCH3 is 1. The highest BCUT2D eigenvalue weighted by Gasteiger charge is 2.41. The maximum Gasteiger partial charge on any atom is 0.309 e. The van der Waals surface area contributed by atoms with Crippen molar-refractivity contribution >= 4 is 39.8 Å². The van der Waals surface area contributed by atoms with Crippen LogP contribution in [0.5, 0.6) is 5.75 Å². The Balaban J connectivity index is 1.35. The van der Waals surface area contributed by atoms with Gasteiger partial charge in [0.2, 0.25) is 0 Å². The lowest BCUT2D eigenvalue weighted by atomic mass is 9.74. The quantitative estimate of drug-likeness (QED) is 0.331. The minimum absolute atomic E-state index is 0.316. The molecule has 9 heteroatoms. The van der Waals surface area contributed by atoms with Gasteiger partial charge < -0.3 is 19.8 Å².